The Morgan fingerprint density at radius 2 is 2.04 bits per heavy atom. The third kappa shape index (κ3) is 4.40. The highest BCUT2D eigenvalue weighted by molar-refractivity contribution is 5.85. The molecule has 1 fully saturated rings. The standard InChI is InChI=1S/C22H28N2O2.ClH/c1-15-11-17-12-19(25-2)13-18(22(17)26-15)14-24-20-9-6-10-23-21(20)16-7-4-3-5-8-16;/h3-5,7-8,12-13,15,20-21,23-24H,6,9-11,14H2,1-2H3;1H/t15?,20-,21-;/m0./s1. The molecular formula is C22H29ClN2O2. The summed E-state index contributed by atoms with van der Waals surface area (Å²) in [4.78, 5) is 0. The largest absolute Gasteiger partial charge is 0.497 e. The summed E-state index contributed by atoms with van der Waals surface area (Å²) in [5.41, 5.74) is 3.81. The SMILES string of the molecule is COc1cc(CN[C@H]2CCCN[C@H]2c2ccccc2)c2c(c1)CC(C)O2.Cl. The fraction of sp³-hybridized carbons (Fsp3) is 0.455. The molecule has 1 saturated heterocycles. The van der Waals surface area contributed by atoms with Crippen LogP contribution in [-0.4, -0.2) is 25.8 Å². The van der Waals surface area contributed by atoms with Crippen LogP contribution < -0.4 is 20.1 Å². The number of ether oxygens (including phenoxy) is 2. The highest BCUT2D eigenvalue weighted by Crippen LogP contribution is 2.36. The van der Waals surface area contributed by atoms with Crippen molar-refractivity contribution in [1.29, 1.82) is 0 Å². The van der Waals surface area contributed by atoms with Gasteiger partial charge in [-0.1, -0.05) is 30.3 Å². The number of benzene rings is 2. The third-order valence-corrected chi connectivity index (χ3v) is 5.45. The highest BCUT2D eigenvalue weighted by atomic mass is 35.5. The van der Waals surface area contributed by atoms with Gasteiger partial charge in [-0.05, 0) is 44.0 Å². The van der Waals surface area contributed by atoms with Gasteiger partial charge in [0.2, 0.25) is 0 Å². The Balaban J connectivity index is 0.00000210. The number of methoxy groups -OCH3 is 1. The molecular weight excluding hydrogens is 360 g/mol. The number of rotatable bonds is 5. The van der Waals surface area contributed by atoms with E-state index in [4.69, 9.17) is 9.47 Å². The first kappa shape index (κ1) is 20.0. The number of halogens is 1. The number of nitrogens with one attached hydrogen (secondary N) is 2. The summed E-state index contributed by atoms with van der Waals surface area (Å²) in [6.45, 7) is 4.00. The summed E-state index contributed by atoms with van der Waals surface area (Å²) in [6.07, 6.45) is 3.57. The quantitative estimate of drug-likeness (QED) is 0.811. The van der Waals surface area contributed by atoms with Crippen LogP contribution >= 0.6 is 12.4 Å². The molecule has 0 saturated carbocycles. The molecule has 5 heteroatoms. The van der Waals surface area contributed by atoms with E-state index in [0.717, 1.165) is 31.0 Å². The van der Waals surface area contributed by atoms with Gasteiger partial charge in [0.15, 0.2) is 0 Å². The number of piperidine rings is 1. The van der Waals surface area contributed by atoms with E-state index >= 15 is 0 Å². The van der Waals surface area contributed by atoms with E-state index in [-0.39, 0.29) is 18.5 Å². The van der Waals surface area contributed by atoms with Crippen LogP contribution in [0.25, 0.3) is 0 Å². The van der Waals surface area contributed by atoms with Crippen molar-refractivity contribution < 1.29 is 9.47 Å². The second kappa shape index (κ2) is 8.96. The molecule has 0 aromatic heterocycles. The summed E-state index contributed by atoms with van der Waals surface area (Å²) in [5.74, 6) is 1.96. The molecule has 2 N–H and O–H groups in total. The summed E-state index contributed by atoms with van der Waals surface area (Å²) in [7, 11) is 1.73. The van der Waals surface area contributed by atoms with Crippen LogP contribution in [0.1, 0.15) is 42.5 Å². The van der Waals surface area contributed by atoms with Gasteiger partial charge in [-0.25, -0.2) is 0 Å². The van der Waals surface area contributed by atoms with Crippen LogP contribution in [0.15, 0.2) is 42.5 Å². The average Bonchev–Trinajstić information content (AvgIpc) is 3.07. The van der Waals surface area contributed by atoms with E-state index in [9.17, 15) is 0 Å². The topological polar surface area (TPSA) is 42.5 Å². The third-order valence-electron chi connectivity index (χ3n) is 5.45. The van der Waals surface area contributed by atoms with Gasteiger partial charge in [-0.2, -0.15) is 0 Å². The molecule has 2 aliphatic rings. The van der Waals surface area contributed by atoms with Gasteiger partial charge in [-0.15, -0.1) is 12.4 Å². The molecule has 4 nitrogen and oxygen atoms in total. The van der Waals surface area contributed by atoms with Gasteiger partial charge < -0.3 is 20.1 Å². The van der Waals surface area contributed by atoms with Crippen molar-refractivity contribution in [3.8, 4) is 11.5 Å². The zero-order valence-corrected chi connectivity index (χ0v) is 16.9. The molecule has 1 unspecified atom stereocenters. The molecule has 0 spiro atoms. The maximum Gasteiger partial charge on any atom is 0.127 e. The van der Waals surface area contributed by atoms with Gasteiger partial charge in [-0.3, -0.25) is 0 Å². The zero-order valence-electron chi connectivity index (χ0n) is 16.0. The lowest BCUT2D eigenvalue weighted by molar-refractivity contribution is 0.250. The molecule has 0 radical (unpaired) electrons. The van der Waals surface area contributed by atoms with Gasteiger partial charge in [0, 0.05) is 36.2 Å². The number of hydrogen-bond donors (Lipinski definition) is 2. The Hall–Kier alpha value is -1.75. The Morgan fingerprint density at radius 1 is 1.22 bits per heavy atom. The second-order valence-electron chi connectivity index (χ2n) is 7.38. The van der Waals surface area contributed by atoms with Gasteiger partial charge in [0.1, 0.15) is 17.6 Å². The summed E-state index contributed by atoms with van der Waals surface area (Å²) >= 11 is 0. The van der Waals surface area contributed by atoms with Gasteiger partial charge in [0.25, 0.3) is 0 Å². The predicted molar refractivity (Wildman–Crippen MR) is 111 cm³/mol. The van der Waals surface area contributed by atoms with Crippen LogP contribution in [0.5, 0.6) is 11.5 Å². The minimum absolute atomic E-state index is 0. The fourth-order valence-electron chi connectivity index (χ4n) is 4.19. The number of hydrogen-bond acceptors (Lipinski definition) is 4. The van der Waals surface area contributed by atoms with Crippen molar-refractivity contribution >= 4 is 12.4 Å². The summed E-state index contributed by atoms with van der Waals surface area (Å²) < 4.78 is 11.6. The van der Waals surface area contributed by atoms with E-state index in [1.165, 1.54) is 29.5 Å². The minimum atomic E-state index is 0. The van der Waals surface area contributed by atoms with E-state index in [1.54, 1.807) is 7.11 Å². The first-order valence-electron chi connectivity index (χ1n) is 9.63. The first-order chi connectivity index (χ1) is 12.7. The van der Waals surface area contributed by atoms with Crippen molar-refractivity contribution in [1.82, 2.24) is 10.6 Å². The molecule has 0 amide bonds. The van der Waals surface area contributed by atoms with Crippen molar-refractivity contribution in [2.24, 2.45) is 0 Å². The maximum absolute atomic E-state index is 6.08. The lowest BCUT2D eigenvalue weighted by atomic mass is 9.92. The van der Waals surface area contributed by atoms with Gasteiger partial charge >= 0.3 is 0 Å². The summed E-state index contributed by atoms with van der Waals surface area (Å²) in [6, 6.07) is 15.7. The normalized spacial score (nSPS) is 23.9. The van der Waals surface area contributed by atoms with Crippen molar-refractivity contribution in [3.63, 3.8) is 0 Å². The van der Waals surface area contributed by atoms with Crippen LogP contribution in [0.3, 0.4) is 0 Å². The van der Waals surface area contributed by atoms with E-state index in [2.05, 4.69) is 60.0 Å². The van der Waals surface area contributed by atoms with Crippen LogP contribution in [0.4, 0.5) is 0 Å². The molecule has 2 aromatic rings. The Labute approximate surface area is 168 Å². The van der Waals surface area contributed by atoms with E-state index in [1.807, 2.05) is 0 Å². The first-order valence-corrected chi connectivity index (χ1v) is 9.63. The summed E-state index contributed by atoms with van der Waals surface area (Å²) in [5, 5.41) is 7.47. The molecule has 2 heterocycles. The molecule has 0 aliphatic carbocycles. The smallest absolute Gasteiger partial charge is 0.127 e. The monoisotopic (exact) mass is 388 g/mol. The van der Waals surface area contributed by atoms with Crippen LogP contribution in [-0.2, 0) is 13.0 Å². The lowest BCUT2D eigenvalue weighted by Crippen LogP contribution is -2.45. The van der Waals surface area contributed by atoms with Gasteiger partial charge in [0.05, 0.1) is 7.11 Å². The maximum atomic E-state index is 6.08. The van der Waals surface area contributed by atoms with Crippen LogP contribution in [0, 0.1) is 0 Å². The molecule has 0 bridgehead atoms. The molecule has 146 valence electrons. The fourth-order valence-corrected chi connectivity index (χ4v) is 4.19. The van der Waals surface area contributed by atoms with E-state index in [0.29, 0.717) is 12.1 Å². The molecule has 2 aromatic carbocycles. The van der Waals surface area contributed by atoms with Crippen molar-refractivity contribution in [3.05, 3.63) is 59.2 Å². The Morgan fingerprint density at radius 3 is 2.81 bits per heavy atom. The zero-order chi connectivity index (χ0) is 17.9. The highest BCUT2D eigenvalue weighted by Gasteiger charge is 2.27. The van der Waals surface area contributed by atoms with Crippen molar-refractivity contribution in [2.45, 2.75) is 50.9 Å². The van der Waals surface area contributed by atoms with Crippen molar-refractivity contribution in [2.75, 3.05) is 13.7 Å². The lowest BCUT2D eigenvalue weighted by Gasteiger charge is -2.34. The Bertz CT molecular complexity index is 753. The van der Waals surface area contributed by atoms with E-state index < -0.39 is 0 Å². The predicted octanol–water partition coefficient (Wildman–Crippen LogP) is 4.02. The minimum Gasteiger partial charge on any atom is -0.497 e. The molecule has 4 rings (SSSR count). The molecule has 3 atom stereocenters. The molecule has 27 heavy (non-hydrogen) atoms. The van der Waals surface area contributed by atoms with Crippen LogP contribution in [0.2, 0.25) is 0 Å². The second-order valence-corrected chi connectivity index (χ2v) is 7.38. The average molecular weight is 389 g/mol. The number of fused-ring (bicyclic) bond motifs is 1. The molecule has 2 aliphatic heterocycles. The Kier molecular flexibility index (Phi) is 6.64.